The number of nitrogens with zero attached hydrogens (tertiary/aromatic N) is 3. The van der Waals surface area contributed by atoms with Crippen LogP contribution in [0, 0.1) is 24.5 Å². The number of carboxylic acid groups (broad SMARTS) is 1. The van der Waals surface area contributed by atoms with Gasteiger partial charge in [-0.15, -0.1) is 0 Å². The van der Waals surface area contributed by atoms with E-state index in [1.165, 1.54) is 18.5 Å². The van der Waals surface area contributed by atoms with Crippen LogP contribution in [0.2, 0.25) is 0 Å². The summed E-state index contributed by atoms with van der Waals surface area (Å²) in [7, 11) is 0. The maximum Gasteiger partial charge on any atom is 0.335 e. The van der Waals surface area contributed by atoms with E-state index in [-0.39, 0.29) is 23.6 Å². The molecule has 4 aromatic rings. The summed E-state index contributed by atoms with van der Waals surface area (Å²) in [6.07, 6.45) is 3.42. The number of hydrogen-bond donors (Lipinski definition) is 3. The van der Waals surface area contributed by atoms with E-state index in [1.807, 2.05) is 25.1 Å². The molecule has 2 atom stereocenters. The van der Waals surface area contributed by atoms with E-state index in [9.17, 15) is 13.6 Å². The Morgan fingerprint density at radius 2 is 1.85 bits per heavy atom. The number of rotatable bonds is 12. The standard InChI is InChI=1S/C30H31F2N5O4/c1-20-12-25(35-11-10-34-24-5-2-22(3-6-24)29(38)39)7-9-28(20)40-15-21-14-30(41-16-21,17-37-19-33-18-36-37)26-8-4-23(31)13-27(26)32/h2-9,12-13,18-19,21,34-35H,10-11,14-17H2,1H3,(H,38,39)/t21-,30+/m1/s1. The maximum absolute atomic E-state index is 14.9. The molecule has 1 fully saturated rings. The molecule has 9 nitrogen and oxygen atoms in total. The first-order valence-corrected chi connectivity index (χ1v) is 13.3. The number of aryl methyl sites for hydroxylation is 1. The second-order valence-corrected chi connectivity index (χ2v) is 10.1. The van der Waals surface area contributed by atoms with Crippen LogP contribution in [0.1, 0.15) is 27.9 Å². The number of aromatic nitrogens is 3. The molecule has 41 heavy (non-hydrogen) atoms. The van der Waals surface area contributed by atoms with E-state index in [2.05, 4.69) is 20.7 Å². The zero-order chi connectivity index (χ0) is 28.8. The molecule has 3 N–H and O–H groups in total. The van der Waals surface area contributed by atoms with Crippen molar-refractivity contribution in [1.29, 1.82) is 0 Å². The highest BCUT2D eigenvalue weighted by atomic mass is 19.1. The predicted octanol–water partition coefficient (Wildman–Crippen LogP) is 5.10. The molecule has 1 saturated heterocycles. The summed E-state index contributed by atoms with van der Waals surface area (Å²) >= 11 is 0. The summed E-state index contributed by atoms with van der Waals surface area (Å²) in [5.74, 6) is -1.52. The number of carbonyl (C=O) groups is 1. The van der Waals surface area contributed by atoms with Gasteiger partial charge in [0.1, 0.15) is 35.6 Å². The molecular weight excluding hydrogens is 532 g/mol. The summed E-state index contributed by atoms with van der Waals surface area (Å²) in [5, 5.41) is 19.8. The third kappa shape index (κ3) is 6.80. The molecule has 214 valence electrons. The topological polar surface area (TPSA) is 111 Å². The Labute approximate surface area is 236 Å². The average Bonchev–Trinajstić information content (AvgIpc) is 3.61. The van der Waals surface area contributed by atoms with Gasteiger partial charge >= 0.3 is 5.97 Å². The van der Waals surface area contributed by atoms with Gasteiger partial charge < -0.3 is 25.2 Å². The largest absolute Gasteiger partial charge is 0.493 e. The van der Waals surface area contributed by atoms with Gasteiger partial charge in [0.25, 0.3) is 0 Å². The summed E-state index contributed by atoms with van der Waals surface area (Å²) < 4.78 is 42.4. The van der Waals surface area contributed by atoms with Crippen molar-refractivity contribution >= 4 is 17.3 Å². The Kier molecular flexibility index (Phi) is 8.44. The van der Waals surface area contributed by atoms with Crippen molar-refractivity contribution in [1.82, 2.24) is 14.8 Å². The molecule has 0 amide bonds. The summed E-state index contributed by atoms with van der Waals surface area (Å²) in [6.45, 7) is 4.26. The molecule has 1 aliphatic heterocycles. The third-order valence-corrected chi connectivity index (χ3v) is 7.08. The molecule has 0 radical (unpaired) electrons. The summed E-state index contributed by atoms with van der Waals surface area (Å²) in [5.41, 5.74) is 2.27. The van der Waals surface area contributed by atoms with Crippen LogP contribution in [0.3, 0.4) is 0 Å². The zero-order valence-electron chi connectivity index (χ0n) is 22.5. The molecular formula is C30H31F2N5O4. The average molecular weight is 564 g/mol. The molecule has 0 spiro atoms. The molecule has 11 heteroatoms. The van der Waals surface area contributed by atoms with Crippen LogP contribution in [0.25, 0.3) is 0 Å². The second kappa shape index (κ2) is 12.3. The minimum Gasteiger partial charge on any atom is -0.493 e. The first kappa shape index (κ1) is 28.0. The minimum atomic E-state index is -1.02. The fourth-order valence-electron chi connectivity index (χ4n) is 5.06. The summed E-state index contributed by atoms with van der Waals surface area (Å²) in [6, 6.07) is 16.0. The number of benzene rings is 3. The maximum atomic E-state index is 14.9. The van der Waals surface area contributed by atoms with Crippen molar-refractivity contribution in [2.75, 3.05) is 36.9 Å². The van der Waals surface area contributed by atoms with E-state index in [4.69, 9.17) is 14.6 Å². The van der Waals surface area contributed by atoms with Crippen molar-refractivity contribution in [3.05, 3.63) is 102 Å². The Bertz CT molecular complexity index is 1480. The van der Waals surface area contributed by atoms with Gasteiger partial charge in [0, 0.05) is 42.0 Å². The molecule has 0 unspecified atom stereocenters. The van der Waals surface area contributed by atoms with Crippen molar-refractivity contribution in [3.63, 3.8) is 0 Å². The van der Waals surface area contributed by atoms with E-state index in [1.54, 1.807) is 35.3 Å². The number of carboxylic acids is 1. The summed E-state index contributed by atoms with van der Waals surface area (Å²) in [4.78, 5) is 14.9. The SMILES string of the molecule is Cc1cc(NCCNc2ccc(C(=O)O)cc2)ccc1OC[C@@H]1CO[C@@](Cn2cncn2)(c2ccc(F)cc2F)C1. The van der Waals surface area contributed by atoms with Crippen LogP contribution < -0.4 is 15.4 Å². The van der Waals surface area contributed by atoms with Gasteiger partial charge in [0.2, 0.25) is 0 Å². The minimum absolute atomic E-state index is 0.0178. The Morgan fingerprint density at radius 3 is 2.54 bits per heavy atom. The molecule has 1 aromatic heterocycles. The van der Waals surface area contributed by atoms with Gasteiger partial charge in [0.15, 0.2) is 0 Å². The highest BCUT2D eigenvalue weighted by Gasteiger charge is 2.44. The molecule has 5 rings (SSSR count). The number of ether oxygens (including phenoxy) is 2. The normalized spacial score (nSPS) is 18.3. The lowest BCUT2D eigenvalue weighted by Crippen LogP contribution is -2.32. The van der Waals surface area contributed by atoms with Crippen LogP contribution >= 0.6 is 0 Å². The van der Waals surface area contributed by atoms with Gasteiger partial charge in [-0.3, -0.25) is 0 Å². The third-order valence-electron chi connectivity index (χ3n) is 7.08. The van der Waals surface area contributed by atoms with Gasteiger partial charge in [-0.1, -0.05) is 6.07 Å². The Balaban J connectivity index is 1.15. The lowest BCUT2D eigenvalue weighted by Gasteiger charge is -2.29. The van der Waals surface area contributed by atoms with Crippen LogP contribution in [0.4, 0.5) is 20.2 Å². The number of nitrogens with one attached hydrogen (secondary N) is 2. The fourth-order valence-corrected chi connectivity index (χ4v) is 5.06. The second-order valence-electron chi connectivity index (χ2n) is 10.1. The van der Waals surface area contributed by atoms with Gasteiger partial charge in [0.05, 0.1) is 25.3 Å². The van der Waals surface area contributed by atoms with E-state index in [0.717, 1.165) is 28.8 Å². The monoisotopic (exact) mass is 563 g/mol. The molecule has 0 saturated carbocycles. The molecule has 3 aromatic carbocycles. The van der Waals surface area contributed by atoms with E-state index in [0.29, 0.717) is 32.7 Å². The van der Waals surface area contributed by atoms with Crippen LogP contribution in [-0.2, 0) is 16.9 Å². The quantitative estimate of drug-likeness (QED) is 0.204. The molecule has 0 aliphatic carbocycles. The predicted molar refractivity (Wildman–Crippen MR) is 149 cm³/mol. The highest BCUT2D eigenvalue weighted by molar-refractivity contribution is 5.88. The van der Waals surface area contributed by atoms with Gasteiger partial charge in [-0.2, -0.15) is 5.10 Å². The Hall–Kier alpha value is -4.51. The fraction of sp³-hybridized carbons (Fsp3) is 0.300. The number of anilines is 2. The molecule has 1 aliphatic rings. The van der Waals surface area contributed by atoms with Crippen molar-refractivity contribution in [2.24, 2.45) is 5.92 Å². The van der Waals surface area contributed by atoms with Crippen LogP contribution in [0.15, 0.2) is 73.3 Å². The number of hydrogen-bond acceptors (Lipinski definition) is 7. The smallest absolute Gasteiger partial charge is 0.335 e. The van der Waals surface area contributed by atoms with Crippen LogP contribution in [-0.4, -0.2) is 52.1 Å². The van der Waals surface area contributed by atoms with Crippen molar-refractivity contribution in [2.45, 2.75) is 25.5 Å². The lowest BCUT2D eigenvalue weighted by molar-refractivity contribution is -0.0206. The zero-order valence-corrected chi connectivity index (χ0v) is 22.5. The van der Waals surface area contributed by atoms with Gasteiger partial charge in [-0.05, 0) is 67.4 Å². The number of halogens is 2. The van der Waals surface area contributed by atoms with Crippen molar-refractivity contribution in [3.8, 4) is 5.75 Å². The molecule has 0 bridgehead atoms. The van der Waals surface area contributed by atoms with Crippen molar-refractivity contribution < 1.29 is 28.2 Å². The van der Waals surface area contributed by atoms with E-state index >= 15 is 0 Å². The first-order chi connectivity index (χ1) is 19.8. The molecule has 2 heterocycles. The first-order valence-electron chi connectivity index (χ1n) is 13.3. The number of aromatic carboxylic acids is 1. The lowest BCUT2D eigenvalue weighted by atomic mass is 9.87. The van der Waals surface area contributed by atoms with E-state index < -0.39 is 23.2 Å². The highest BCUT2D eigenvalue weighted by Crippen LogP contribution is 2.42. The Morgan fingerprint density at radius 1 is 1.10 bits per heavy atom. The van der Waals surface area contributed by atoms with Gasteiger partial charge in [-0.25, -0.2) is 23.2 Å². The van der Waals surface area contributed by atoms with Crippen LogP contribution in [0.5, 0.6) is 5.75 Å².